The van der Waals surface area contributed by atoms with Gasteiger partial charge in [-0.2, -0.15) is 4.98 Å². The van der Waals surface area contributed by atoms with Crippen molar-refractivity contribution in [1.82, 2.24) is 9.97 Å². The van der Waals surface area contributed by atoms with Crippen molar-refractivity contribution in [3.05, 3.63) is 58.0 Å². The van der Waals surface area contributed by atoms with E-state index < -0.39 is 0 Å². The number of hydrogen-bond donors (Lipinski definition) is 0. The van der Waals surface area contributed by atoms with Gasteiger partial charge in [-0.1, -0.05) is 25.5 Å². The molecule has 0 unspecified atom stereocenters. The fourth-order valence-corrected chi connectivity index (χ4v) is 3.34. The highest BCUT2D eigenvalue weighted by molar-refractivity contribution is 7.21. The average molecular weight is 296 g/mol. The van der Waals surface area contributed by atoms with E-state index >= 15 is 0 Å². The lowest BCUT2D eigenvalue weighted by atomic mass is 10.2. The van der Waals surface area contributed by atoms with E-state index in [1.54, 1.807) is 0 Å². The molecule has 21 heavy (non-hydrogen) atoms. The first-order valence-electron chi connectivity index (χ1n) is 7.05. The van der Waals surface area contributed by atoms with E-state index in [9.17, 15) is 4.79 Å². The summed E-state index contributed by atoms with van der Waals surface area (Å²) in [6, 6.07) is 11.7. The van der Waals surface area contributed by atoms with Crippen LogP contribution in [0.25, 0.3) is 20.8 Å². The largest absolute Gasteiger partial charge is 0.279 e. The number of rotatable bonds is 3. The van der Waals surface area contributed by atoms with Gasteiger partial charge in [0.05, 0.1) is 11.1 Å². The Labute approximate surface area is 127 Å². The van der Waals surface area contributed by atoms with Crippen molar-refractivity contribution < 1.29 is 0 Å². The zero-order valence-electron chi connectivity index (χ0n) is 12.1. The highest BCUT2D eigenvalue weighted by Gasteiger charge is 2.08. The number of nitrogens with zero attached hydrogens (tertiary/aromatic N) is 2. The number of benzene rings is 1. The maximum Gasteiger partial charge on any atom is 0.279 e. The zero-order valence-corrected chi connectivity index (χ0v) is 12.9. The number of aryl methyl sites for hydroxylation is 2. The van der Waals surface area contributed by atoms with Gasteiger partial charge in [0.2, 0.25) is 0 Å². The lowest BCUT2D eigenvalue weighted by Crippen LogP contribution is -2.06. The van der Waals surface area contributed by atoms with Gasteiger partial charge in [0.1, 0.15) is 5.01 Å². The molecule has 0 saturated carbocycles. The van der Waals surface area contributed by atoms with Crippen LogP contribution in [0.2, 0.25) is 0 Å². The van der Waals surface area contributed by atoms with E-state index in [0.717, 1.165) is 34.5 Å². The Morgan fingerprint density at radius 1 is 1.14 bits per heavy atom. The molecule has 0 atom stereocenters. The monoisotopic (exact) mass is 296 g/mol. The minimum Gasteiger partial charge on any atom is -0.267 e. The summed E-state index contributed by atoms with van der Waals surface area (Å²) in [6.45, 7) is 4.15. The quantitative estimate of drug-likeness (QED) is 0.734. The highest BCUT2D eigenvalue weighted by atomic mass is 32.1. The molecular formula is C17H16N2OS. The van der Waals surface area contributed by atoms with Crippen molar-refractivity contribution in [2.24, 2.45) is 0 Å². The lowest BCUT2D eigenvalue weighted by Gasteiger charge is -2.04. The Morgan fingerprint density at radius 2 is 2.00 bits per heavy atom. The van der Waals surface area contributed by atoms with Gasteiger partial charge in [0, 0.05) is 10.4 Å². The summed E-state index contributed by atoms with van der Waals surface area (Å²) in [4.78, 5) is 21.0. The van der Waals surface area contributed by atoms with E-state index in [1.807, 2.05) is 43.3 Å². The standard InChI is InChI=1S/C17H16N2OS/c1-3-5-12-6-4-7-14(18-12)17-19-16(20)13-9-8-11(2)10-15(13)21-17/h4,6-10H,3,5H2,1-2H3. The molecule has 0 fully saturated rings. The third-order valence-electron chi connectivity index (χ3n) is 3.31. The van der Waals surface area contributed by atoms with E-state index in [1.165, 1.54) is 11.3 Å². The Kier molecular flexibility index (Phi) is 3.80. The Morgan fingerprint density at radius 3 is 2.81 bits per heavy atom. The van der Waals surface area contributed by atoms with Crippen LogP contribution in [0.15, 0.2) is 41.2 Å². The van der Waals surface area contributed by atoms with Crippen LogP contribution in [0.1, 0.15) is 24.6 Å². The van der Waals surface area contributed by atoms with Crippen LogP contribution in [0, 0.1) is 6.92 Å². The molecule has 0 aliphatic carbocycles. The van der Waals surface area contributed by atoms with Gasteiger partial charge in [-0.15, -0.1) is 11.3 Å². The fraction of sp³-hybridized carbons (Fsp3) is 0.235. The smallest absolute Gasteiger partial charge is 0.267 e. The molecule has 2 heterocycles. The van der Waals surface area contributed by atoms with Gasteiger partial charge in [-0.05, 0) is 43.2 Å². The van der Waals surface area contributed by atoms with Crippen molar-refractivity contribution in [1.29, 1.82) is 0 Å². The molecule has 3 nitrogen and oxygen atoms in total. The normalized spacial score (nSPS) is 11.0. The van der Waals surface area contributed by atoms with Crippen molar-refractivity contribution in [2.75, 3.05) is 0 Å². The van der Waals surface area contributed by atoms with Crippen LogP contribution in [0.5, 0.6) is 0 Å². The molecule has 0 N–H and O–H groups in total. The van der Waals surface area contributed by atoms with Crippen LogP contribution in [-0.2, 0) is 6.42 Å². The second-order valence-electron chi connectivity index (χ2n) is 5.09. The van der Waals surface area contributed by atoms with Gasteiger partial charge in [-0.25, -0.2) is 0 Å². The Hall–Kier alpha value is -2.07. The lowest BCUT2D eigenvalue weighted by molar-refractivity contribution is 0.884. The van der Waals surface area contributed by atoms with Gasteiger partial charge in [0.25, 0.3) is 5.56 Å². The summed E-state index contributed by atoms with van der Waals surface area (Å²) in [6.07, 6.45) is 1.99. The second kappa shape index (κ2) is 5.74. The fourth-order valence-electron chi connectivity index (χ4n) is 2.27. The third-order valence-corrected chi connectivity index (χ3v) is 4.36. The zero-order chi connectivity index (χ0) is 14.8. The molecule has 0 radical (unpaired) electrons. The molecule has 3 rings (SSSR count). The van der Waals surface area contributed by atoms with Gasteiger partial charge < -0.3 is 0 Å². The summed E-state index contributed by atoms with van der Waals surface area (Å²) >= 11 is 1.52. The maximum absolute atomic E-state index is 12.2. The van der Waals surface area contributed by atoms with Crippen LogP contribution >= 0.6 is 11.3 Å². The third kappa shape index (κ3) is 2.85. The topological polar surface area (TPSA) is 42.9 Å². The van der Waals surface area contributed by atoms with Crippen LogP contribution in [-0.4, -0.2) is 9.97 Å². The molecule has 0 aliphatic heterocycles. The molecule has 0 bridgehead atoms. The van der Waals surface area contributed by atoms with Crippen LogP contribution in [0.4, 0.5) is 0 Å². The van der Waals surface area contributed by atoms with Gasteiger partial charge in [-0.3, -0.25) is 9.78 Å². The Balaban J connectivity index is 2.16. The summed E-state index contributed by atoms with van der Waals surface area (Å²) in [5, 5.41) is 1.37. The minimum atomic E-state index is -0.179. The summed E-state index contributed by atoms with van der Waals surface area (Å²) in [5.74, 6) is 0. The average Bonchev–Trinajstić information content (AvgIpc) is 2.47. The van der Waals surface area contributed by atoms with E-state index in [2.05, 4.69) is 16.9 Å². The molecule has 4 heteroatoms. The first kappa shape index (κ1) is 13.9. The SMILES string of the molecule is CCCc1cccc(-c2nc(=O)c3ccc(C)cc3s2)n1. The van der Waals surface area contributed by atoms with E-state index in [0.29, 0.717) is 10.4 Å². The Bertz CT molecular complexity index is 855. The first-order valence-corrected chi connectivity index (χ1v) is 7.87. The predicted molar refractivity (Wildman–Crippen MR) is 87.9 cm³/mol. The number of fused-ring (bicyclic) bond motifs is 1. The molecule has 0 aliphatic rings. The van der Waals surface area contributed by atoms with Crippen LogP contribution < -0.4 is 5.56 Å². The van der Waals surface area contributed by atoms with Crippen LogP contribution in [0.3, 0.4) is 0 Å². The maximum atomic E-state index is 12.2. The van der Waals surface area contributed by atoms with Crippen molar-refractivity contribution in [3.8, 4) is 10.7 Å². The first-order chi connectivity index (χ1) is 10.2. The molecule has 0 spiro atoms. The van der Waals surface area contributed by atoms with Crippen molar-refractivity contribution >= 4 is 21.4 Å². The molecule has 106 valence electrons. The molecule has 0 amide bonds. The van der Waals surface area contributed by atoms with E-state index in [-0.39, 0.29) is 5.56 Å². The number of aromatic nitrogens is 2. The molecule has 3 aromatic rings. The summed E-state index contributed by atoms with van der Waals surface area (Å²) < 4.78 is 0.965. The summed E-state index contributed by atoms with van der Waals surface area (Å²) in [5.41, 5.74) is 2.79. The number of hydrogen-bond acceptors (Lipinski definition) is 4. The van der Waals surface area contributed by atoms with Crippen molar-refractivity contribution in [2.45, 2.75) is 26.7 Å². The van der Waals surface area contributed by atoms with Crippen molar-refractivity contribution in [3.63, 3.8) is 0 Å². The van der Waals surface area contributed by atoms with Gasteiger partial charge >= 0.3 is 0 Å². The molecule has 1 aromatic carbocycles. The number of pyridine rings is 1. The second-order valence-corrected chi connectivity index (χ2v) is 6.12. The molecule has 2 aromatic heterocycles. The molecular weight excluding hydrogens is 280 g/mol. The predicted octanol–water partition coefficient (Wildman–Crippen LogP) is 3.98. The highest BCUT2D eigenvalue weighted by Crippen LogP contribution is 2.25. The minimum absolute atomic E-state index is 0.179. The van der Waals surface area contributed by atoms with Gasteiger partial charge in [0.15, 0.2) is 0 Å². The molecule has 0 saturated heterocycles. The van der Waals surface area contributed by atoms with E-state index in [4.69, 9.17) is 0 Å². The summed E-state index contributed by atoms with van der Waals surface area (Å²) in [7, 11) is 0.